The molecule has 9 nitrogen and oxygen atoms in total. The average molecular weight is 367 g/mol. The third-order valence-corrected chi connectivity index (χ3v) is 4.43. The van der Waals surface area contributed by atoms with Gasteiger partial charge in [0, 0.05) is 13.1 Å². The van der Waals surface area contributed by atoms with Gasteiger partial charge in [-0.3, -0.25) is 15.3 Å². The van der Waals surface area contributed by atoms with Crippen molar-refractivity contribution in [3.05, 3.63) is 42.4 Å². The van der Waals surface area contributed by atoms with Crippen LogP contribution in [0.25, 0.3) is 11.0 Å². The molecule has 1 amide bonds. The minimum atomic E-state index is -1.13. The van der Waals surface area contributed by atoms with Gasteiger partial charge in [-0.05, 0) is 18.2 Å². The molecule has 138 valence electrons. The number of nitrogens with zero attached hydrogens (tertiary/aromatic N) is 4. The number of rotatable bonds is 3. The van der Waals surface area contributed by atoms with Crippen molar-refractivity contribution < 1.29 is 19.4 Å². The Morgan fingerprint density at radius 1 is 1.30 bits per heavy atom. The van der Waals surface area contributed by atoms with Crippen LogP contribution in [0.4, 0.5) is 16.2 Å². The van der Waals surface area contributed by atoms with Crippen LogP contribution < -0.4 is 19.7 Å². The van der Waals surface area contributed by atoms with Crippen LogP contribution in [0.2, 0.25) is 0 Å². The van der Waals surface area contributed by atoms with Gasteiger partial charge in [0.15, 0.2) is 5.75 Å². The molecule has 0 bridgehead atoms. The highest BCUT2D eigenvalue weighted by molar-refractivity contribution is 5.92. The maximum atomic E-state index is 10.7. The van der Waals surface area contributed by atoms with E-state index in [0.717, 1.165) is 16.9 Å². The Hall–Kier alpha value is -3.62. The number of amides is 1. The summed E-state index contributed by atoms with van der Waals surface area (Å²) in [7, 11) is 3.51. The van der Waals surface area contributed by atoms with Crippen molar-refractivity contribution in [1.29, 1.82) is 0 Å². The van der Waals surface area contributed by atoms with Crippen molar-refractivity contribution in [2.75, 3.05) is 31.0 Å². The number of carboxylic acid groups (broad SMARTS) is 1. The summed E-state index contributed by atoms with van der Waals surface area (Å²) in [4.78, 5) is 26.1. The second-order valence-electron chi connectivity index (χ2n) is 6.03. The highest BCUT2D eigenvalue weighted by atomic mass is 16.5. The average Bonchev–Trinajstić information content (AvgIpc) is 2.68. The van der Waals surface area contributed by atoms with E-state index in [2.05, 4.69) is 20.3 Å². The molecule has 0 aliphatic carbocycles. The molecule has 1 atom stereocenters. The summed E-state index contributed by atoms with van der Waals surface area (Å²) in [5.74, 6) is 1.14. The van der Waals surface area contributed by atoms with Crippen molar-refractivity contribution in [3.8, 4) is 11.6 Å². The molecule has 0 aromatic carbocycles. The first-order valence-electron chi connectivity index (χ1n) is 8.22. The fourth-order valence-corrected chi connectivity index (χ4v) is 3.10. The monoisotopic (exact) mass is 367 g/mol. The maximum Gasteiger partial charge on any atom is 0.409 e. The molecule has 1 aliphatic rings. The van der Waals surface area contributed by atoms with Crippen LogP contribution in [0.15, 0.2) is 36.7 Å². The molecule has 3 aromatic rings. The number of hydrogen-bond donors (Lipinski definition) is 2. The van der Waals surface area contributed by atoms with Gasteiger partial charge in [0.25, 0.3) is 0 Å². The van der Waals surface area contributed by atoms with Gasteiger partial charge in [-0.25, -0.2) is 9.78 Å². The van der Waals surface area contributed by atoms with Gasteiger partial charge >= 0.3 is 6.09 Å². The zero-order chi connectivity index (χ0) is 19.0. The topological polar surface area (TPSA) is 110 Å². The molecule has 0 fully saturated rings. The van der Waals surface area contributed by atoms with Gasteiger partial charge in [-0.15, -0.1) is 0 Å². The Kier molecular flexibility index (Phi) is 4.11. The standard InChI is InChI=1S/C18H17N5O4/c1-23-13(11-4-3-10(7-19-11)21-18(24)25)9-27-14-8-20-12-5-6-15(26-2)22-16(12)17(14)23/h3-8,13,21H,9H2,1-2H3,(H,24,25). The number of pyridine rings is 3. The highest BCUT2D eigenvalue weighted by Gasteiger charge is 2.30. The lowest BCUT2D eigenvalue weighted by Crippen LogP contribution is -2.34. The van der Waals surface area contributed by atoms with Crippen molar-refractivity contribution in [1.82, 2.24) is 15.0 Å². The third kappa shape index (κ3) is 3.03. The van der Waals surface area contributed by atoms with E-state index in [0.29, 0.717) is 29.4 Å². The van der Waals surface area contributed by atoms with Crippen LogP contribution in [0.5, 0.6) is 11.6 Å². The minimum absolute atomic E-state index is 0.157. The second-order valence-corrected chi connectivity index (χ2v) is 6.03. The summed E-state index contributed by atoms with van der Waals surface area (Å²) < 4.78 is 11.1. The number of aromatic nitrogens is 3. The first kappa shape index (κ1) is 16.8. The predicted molar refractivity (Wildman–Crippen MR) is 98.6 cm³/mol. The lowest BCUT2D eigenvalue weighted by atomic mass is 10.1. The molecule has 3 aromatic heterocycles. The van der Waals surface area contributed by atoms with E-state index in [9.17, 15) is 4.79 Å². The van der Waals surface area contributed by atoms with Crippen LogP contribution in [-0.4, -0.2) is 46.9 Å². The Labute approximate surface area is 154 Å². The number of likely N-dealkylation sites (N-methyl/N-ethyl adjacent to an activating group) is 1. The molecule has 2 N–H and O–H groups in total. The molecule has 0 saturated carbocycles. The van der Waals surface area contributed by atoms with Crippen molar-refractivity contribution in [3.63, 3.8) is 0 Å². The first-order valence-corrected chi connectivity index (χ1v) is 8.22. The number of methoxy groups -OCH3 is 1. The Morgan fingerprint density at radius 3 is 2.85 bits per heavy atom. The highest BCUT2D eigenvalue weighted by Crippen LogP contribution is 2.41. The molecule has 27 heavy (non-hydrogen) atoms. The Balaban J connectivity index is 1.72. The number of hydrogen-bond acceptors (Lipinski definition) is 7. The Bertz CT molecular complexity index is 1000. The van der Waals surface area contributed by atoms with Crippen LogP contribution >= 0.6 is 0 Å². The third-order valence-electron chi connectivity index (χ3n) is 4.43. The lowest BCUT2D eigenvalue weighted by Gasteiger charge is -2.35. The summed E-state index contributed by atoms with van der Waals surface area (Å²) in [5.41, 5.74) is 3.39. The SMILES string of the molecule is COc1ccc2ncc3c(c2n1)N(C)C(c1ccc(NC(=O)O)cn1)CO3. The first-order chi connectivity index (χ1) is 13.1. The zero-order valence-electron chi connectivity index (χ0n) is 14.7. The summed E-state index contributed by atoms with van der Waals surface area (Å²) in [6, 6.07) is 6.90. The fraction of sp³-hybridized carbons (Fsp3) is 0.222. The molecule has 1 unspecified atom stereocenters. The van der Waals surface area contributed by atoms with Gasteiger partial charge in [-0.2, -0.15) is 0 Å². The van der Waals surface area contributed by atoms with Gasteiger partial charge in [0.05, 0.1) is 36.4 Å². The number of fused-ring (bicyclic) bond motifs is 3. The van der Waals surface area contributed by atoms with Gasteiger partial charge < -0.3 is 19.5 Å². The zero-order valence-corrected chi connectivity index (χ0v) is 14.7. The summed E-state index contributed by atoms with van der Waals surface area (Å²) in [5, 5.41) is 11.1. The van der Waals surface area contributed by atoms with Gasteiger partial charge in [0.1, 0.15) is 23.9 Å². The molecular formula is C18H17N5O4. The molecule has 0 saturated heterocycles. The second kappa shape index (κ2) is 6.60. The van der Waals surface area contributed by atoms with Crippen LogP contribution in [0.1, 0.15) is 11.7 Å². The molecule has 9 heteroatoms. The van der Waals surface area contributed by atoms with Crippen LogP contribution in [-0.2, 0) is 0 Å². The maximum absolute atomic E-state index is 10.7. The van der Waals surface area contributed by atoms with E-state index < -0.39 is 6.09 Å². The number of anilines is 2. The van der Waals surface area contributed by atoms with Crippen LogP contribution in [0.3, 0.4) is 0 Å². The van der Waals surface area contributed by atoms with E-state index >= 15 is 0 Å². The van der Waals surface area contributed by atoms with E-state index in [4.69, 9.17) is 14.6 Å². The number of ether oxygens (including phenoxy) is 2. The molecule has 4 heterocycles. The van der Waals surface area contributed by atoms with E-state index in [-0.39, 0.29) is 6.04 Å². The molecule has 0 spiro atoms. The largest absolute Gasteiger partial charge is 0.487 e. The van der Waals surface area contributed by atoms with E-state index in [1.807, 2.05) is 18.0 Å². The molecule has 4 rings (SSSR count). The Morgan fingerprint density at radius 2 is 2.15 bits per heavy atom. The summed E-state index contributed by atoms with van der Waals surface area (Å²) in [6.07, 6.45) is 2.04. The number of nitrogens with one attached hydrogen (secondary N) is 1. The molecule has 0 radical (unpaired) electrons. The quantitative estimate of drug-likeness (QED) is 0.727. The smallest absolute Gasteiger partial charge is 0.409 e. The number of carbonyl (C=O) groups is 1. The van der Waals surface area contributed by atoms with E-state index in [1.165, 1.54) is 6.20 Å². The predicted octanol–water partition coefficient (Wildman–Crippen LogP) is 2.69. The normalized spacial score (nSPS) is 15.8. The van der Waals surface area contributed by atoms with E-state index in [1.54, 1.807) is 31.5 Å². The lowest BCUT2D eigenvalue weighted by molar-refractivity contribution is 0.209. The van der Waals surface area contributed by atoms with Crippen molar-refractivity contribution in [2.24, 2.45) is 0 Å². The summed E-state index contributed by atoms with van der Waals surface area (Å²) >= 11 is 0. The van der Waals surface area contributed by atoms with Gasteiger partial charge in [-0.1, -0.05) is 0 Å². The minimum Gasteiger partial charge on any atom is -0.487 e. The fourth-order valence-electron chi connectivity index (χ4n) is 3.10. The van der Waals surface area contributed by atoms with Gasteiger partial charge in [0.2, 0.25) is 5.88 Å². The van der Waals surface area contributed by atoms with Crippen molar-refractivity contribution >= 4 is 28.5 Å². The molecular weight excluding hydrogens is 350 g/mol. The summed E-state index contributed by atoms with van der Waals surface area (Å²) in [6.45, 7) is 0.388. The van der Waals surface area contributed by atoms with Crippen molar-refractivity contribution in [2.45, 2.75) is 6.04 Å². The molecule has 1 aliphatic heterocycles. The van der Waals surface area contributed by atoms with Crippen LogP contribution in [0, 0.1) is 0 Å².